The highest BCUT2D eigenvalue weighted by atomic mass is 127. The van der Waals surface area contributed by atoms with E-state index in [1.807, 2.05) is 43.4 Å². The predicted molar refractivity (Wildman–Crippen MR) is 80.7 cm³/mol. The standard InChI is InChI=1S/C8H4F3IN2.C5H10O2/c9-8(10,11)4-1-2-5-6(3-4)13-14-7(5)12;1-5(2,3)7-4-6/h1-3H,(H,13,14);4H,1-3H3. The van der Waals surface area contributed by atoms with Crippen molar-refractivity contribution in [2.24, 2.45) is 0 Å². The SMILES string of the molecule is CC(C)(C)OC=O.FC(F)(F)c1ccc2c(I)n[nH]c2c1. The Morgan fingerprint density at radius 1 is 1.29 bits per heavy atom. The molecule has 1 aromatic heterocycles. The summed E-state index contributed by atoms with van der Waals surface area (Å²) in [6, 6.07) is 3.54. The van der Waals surface area contributed by atoms with Gasteiger partial charge in [0.15, 0.2) is 0 Å². The normalized spacial score (nSPS) is 11.8. The monoisotopic (exact) mass is 414 g/mol. The maximum atomic E-state index is 12.3. The quantitative estimate of drug-likeness (QED) is 0.564. The number of nitrogens with one attached hydrogen (secondary N) is 1. The minimum Gasteiger partial charge on any atom is -0.462 e. The molecule has 0 radical (unpaired) electrons. The maximum Gasteiger partial charge on any atom is 0.416 e. The van der Waals surface area contributed by atoms with Crippen molar-refractivity contribution in [1.29, 1.82) is 0 Å². The van der Waals surface area contributed by atoms with E-state index in [1.165, 1.54) is 6.07 Å². The van der Waals surface area contributed by atoms with Crippen LogP contribution in [0, 0.1) is 3.70 Å². The fourth-order valence-corrected chi connectivity index (χ4v) is 1.90. The number of hydrogen-bond donors (Lipinski definition) is 1. The van der Waals surface area contributed by atoms with Gasteiger partial charge in [-0.1, -0.05) is 0 Å². The van der Waals surface area contributed by atoms with Crippen LogP contribution in [0.2, 0.25) is 0 Å². The molecule has 21 heavy (non-hydrogen) atoms. The molecule has 0 aliphatic rings. The molecular formula is C13H14F3IN2O2. The van der Waals surface area contributed by atoms with E-state index in [9.17, 15) is 18.0 Å². The van der Waals surface area contributed by atoms with Crippen LogP contribution in [-0.2, 0) is 15.7 Å². The fourth-order valence-electron chi connectivity index (χ4n) is 1.31. The summed E-state index contributed by atoms with van der Waals surface area (Å²) in [5.41, 5.74) is -0.573. The van der Waals surface area contributed by atoms with Crippen molar-refractivity contribution in [3.05, 3.63) is 27.5 Å². The molecule has 1 aromatic carbocycles. The fraction of sp³-hybridized carbons (Fsp3) is 0.385. The highest BCUT2D eigenvalue weighted by Crippen LogP contribution is 2.31. The second kappa shape index (κ2) is 6.63. The molecule has 2 aromatic rings. The third kappa shape index (κ3) is 5.52. The van der Waals surface area contributed by atoms with Crippen LogP contribution in [0.3, 0.4) is 0 Å². The molecular weight excluding hydrogens is 400 g/mol. The first kappa shape index (κ1) is 17.7. The van der Waals surface area contributed by atoms with Crippen molar-refractivity contribution >= 4 is 40.0 Å². The molecule has 0 fully saturated rings. The lowest BCUT2D eigenvalue weighted by molar-refractivity contribution is -0.139. The maximum absolute atomic E-state index is 12.3. The average molecular weight is 414 g/mol. The second-order valence-electron chi connectivity index (χ2n) is 5.10. The topological polar surface area (TPSA) is 55.0 Å². The van der Waals surface area contributed by atoms with Crippen LogP contribution in [0.25, 0.3) is 10.9 Å². The Hall–Kier alpha value is -1.32. The third-order valence-corrected chi connectivity index (χ3v) is 3.07. The summed E-state index contributed by atoms with van der Waals surface area (Å²) >= 11 is 1.96. The molecule has 1 heterocycles. The zero-order chi connectivity index (χ0) is 16.3. The Labute approximate surface area is 133 Å². The number of fused-ring (bicyclic) bond motifs is 1. The van der Waals surface area contributed by atoms with Crippen LogP contribution in [0.5, 0.6) is 0 Å². The van der Waals surface area contributed by atoms with Crippen molar-refractivity contribution in [2.75, 3.05) is 0 Å². The molecule has 0 bridgehead atoms. The van der Waals surface area contributed by atoms with Gasteiger partial charge >= 0.3 is 6.18 Å². The number of halogens is 4. The number of hydrogen-bond acceptors (Lipinski definition) is 3. The van der Waals surface area contributed by atoms with Crippen LogP contribution in [0.15, 0.2) is 18.2 Å². The Kier molecular flexibility index (Phi) is 5.60. The highest BCUT2D eigenvalue weighted by molar-refractivity contribution is 14.1. The molecule has 0 spiro atoms. The smallest absolute Gasteiger partial charge is 0.416 e. The summed E-state index contributed by atoms with van der Waals surface area (Å²) in [6.07, 6.45) is -4.30. The molecule has 0 amide bonds. The van der Waals surface area contributed by atoms with E-state index < -0.39 is 11.7 Å². The number of carbonyl (C=O) groups is 1. The molecule has 8 heteroatoms. The zero-order valence-corrected chi connectivity index (χ0v) is 13.7. The van der Waals surface area contributed by atoms with Crippen LogP contribution in [0.1, 0.15) is 26.3 Å². The van der Waals surface area contributed by atoms with Gasteiger partial charge in [-0.2, -0.15) is 18.3 Å². The molecule has 0 unspecified atom stereocenters. The van der Waals surface area contributed by atoms with E-state index in [4.69, 9.17) is 0 Å². The van der Waals surface area contributed by atoms with Crippen molar-refractivity contribution in [2.45, 2.75) is 32.5 Å². The van der Waals surface area contributed by atoms with Crippen molar-refractivity contribution in [3.63, 3.8) is 0 Å². The number of nitrogens with zero attached hydrogens (tertiary/aromatic N) is 1. The van der Waals surface area contributed by atoms with Crippen LogP contribution in [-0.4, -0.2) is 22.3 Å². The summed E-state index contributed by atoms with van der Waals surface area (Å²) in [4.78, 5) is 9.60. The van der Waals surface area contributed by atoms with Crippen molar-refractivity contribution < 1.29 is 22.7 Å². The molecule has 116 valence electrons. The molecule has 0 aliphatic carbocycles. The van der Waals surface area contributed by atoms with E-state index >= 15 is 0 Å². The van der Waals surface area contributed by atoms with E-state index in [0.717, 1.165) is 12.1 Å². The second-order valence-corrected chi connectivity index (χ2v) is 6.12. The van der Waals surface area contributed by atoms with Gasteiger partial charge in [-0.05, 0) is 61.6 Å². The highest BCUT2D eigenvalue weighted by Gasteiger charge is 2.30. The number of rotatable bonds is 1. The molecule has 0 atom stereocenters. The van der Waals surface area contributed by atoms with Gasteiger partial charge in [0.1, 0.15) is 9.30 Å². The number of carbonyl (C=O) groups excluding carboxylic acids is 1. The third-order valence-electron chi connectivity index (χ3n) is 2.25. The minimum atomic E-state index is -4.30. The van der Waals surface area contributed by atoms with Gasteiger partial charge in [-0.25, -0.2) is 0 Å². The van der Waals surface area contributed by atoms with Gasteiger partial charge in [0, 0.05) is 5.39 Å². The molecule has 0 saturated carbocycles. The van der Waals surface area contributed by atoms with Crippen LogP contribution < -0.4 is 0 Å². The first-order valence-corrected chi connectivity index (χ1v) is 6.95. The molecule has 0 aliphatic heterocycles. The minimum absolute atomic E-state index is 0.318. The van der Waals surface area contributed by atoms with E-state index in [-0.39, 0.29) is 5.60 Å². The lowest BCUT2D eigenvalue weighted by Crippen LogP contribution is -2.17. The lowest BCUT2D eigenvalue weighted by Gasteiger charge is -2.14. The van der Waals surface area contributed by atoms with Crippen LogP contribution >= 0.6 is 22.6 Å². The number of aromatic amines is 1. The van der Waals surface area contributed by atoms with E-state index in [2.05, 4.69) is 14.9 Å². The lowest BCUT2D eigenvalue weighted by atomic mass is 10.1. The van der Waals surface area contributed by atoms with E-state index in [1.54, 1.807) is 0 Å². The van der Waals surface area contributed by atoms with Crippen molar-refractivity contribution in [3.8, 4) is 0 Å². The summed E-state index contributed by atoms with van der Waals surface area (Å²) in [6.45, 7) is 5.92. The first-order valence-electron chi connectivity index (χ1n) is 5.87. The number of benzene rings is 1. The molecule has 2 rings (SSSR count). The van der Waals surface area contributed by atoms with E-state index in [0.29, 0.717) is 21.1 Å². The molecule has 0 saturated heterocycles. The van der Waals surface area contributed by atoms with Gasteiger partial charge in [0.05, 0.1) is 11.1 Å². The summed E-state index contributed by atoms with van der Waals surface area (Å²) in [5.74, 6) is 0. The van der Waals surface area contributed by atoms with Gasteiger partial charge in [-0.15, -0.1) is 0 Å². The van der Waals surface area contributed by atoms with Crippen LogP contribution in [0.4, 0.5) is 13.2 Å². The van der Waals surface area contributed by atoms with Gasteiger partial charge < -0.3 is 4.74 Å². The average Bonchev–Trinajstić information content (AvgIpc) is 2.69. The van der Waals surface area contributed by atoms with Gasteiger partial charge in [-0.3, -0.25) is 9.89 Å². The van der Waals surface area contributed by atoms with Crippen molar-refractivity contribution in [1.82, 2.24) is 10.2 Å². The molecule has 4 nitrogen and oxygen atoms in total. The number of H-pyrrole nitrogens is 1. The zero-order valence-electron chi connectivity index (χ0n) is 11.6. The first-order chi connectivity index (χ1) is 9.54. The van der Waals surface area contributed by atoms with Gasteiger partial charge in [0.25, 0.3) is 6.47 Å². The Balaban J connectivity index is 0.000000270. The van der Waals surface area contributed by atoms with Gasteiger partial charge in [0.2, 0.25) is 0 Å². The molecule has 1 N–H and O–H groups in total. The Morgan fingerprint density at radius 3 is 2.33 bits per heavy atom. The Morgan fingerprint density at radius 2 is 1.90 bits per heavy atom. The predicted octanol–water partition coefficient (Wildman–Crippen LogP) is 4.14. The number of ether oxygens (including phenoxy) is 1. The number of alkyl halides is 3. The summed E-state index contributed by atoms with van der Waals surface area (Å²) in [5, 5.41) is 7.06. The summed E-state index contributed by atoms with van der Waals surface area (Å²) in [7, 11) is 0. The number of aromatic nitrogens is 2. The Bertz CT molecular complexity index is 618. The summed E-state index contributed by atoms with van der Waals surface area (Å²) < 4.78 is 42.1. The largest absolute Gasteiger partial charge is 0.462 e.